The molecule has 0 aromatic heterocycles. The van der Waals surface area contributed by atoms with Crippen molar-refractivity contribution >= 4 is 24.5 Å². The summed E-state index contributed by atoms with van der Waals surface area (Å²) < 4.78 is 0. The highest BCUT2D eigenvalue weighted by Gasteiger charge is 2.27. The Morgan fingerprint density at radius 2 is 1.57 bits per heavy atom. The van der Waals surface area contributed by atoms with Crippen molar-refractivity contribution in [3.05, 3.63) is 107 Å². The highest BCUT2D eigenvalue weighted by molar-refractivity contribution is 5.88. The lowest BCUT2D eigenvalue weighted by Gasteiger charge is -2.24. The molecule has 8 nitrogen and oxygen atoms in total. The van der Waals surface area contributed by atoms with E-state index in [1.165, 1.54) is 18.2 Å². The third kappa shape index (κ3) is 11.3. The van der Waals surface area contributed by atoms with Gasteiger partial charge in [0, 0.05) is 31.5 Å². The van der Waals surface area contributed by atoms with Crippen LogP contribution < -0.4 is 16.4 Å². The van der Waals surface area contributed by atoms with Crippen LogP contribution in [0.3, 0.4) is 0 Å². The zero-order valence-electron chi connectivity index (χ0n) is 24.7. The number of fused-ring (bicyclic) bond motifs is 1. The number of nitrogens with one attached hydrogen (secondary N) is 2. The van der Waals surface area contributed by atoms with Gasteiger partial charge in [0.2, 0.25) is 18.2 Å². The Labute approximate surface area is 249 Å². The van der Waals surface area contributed by atoms with Gasteiger partial charge in [-0.15, -0.1) is 0 Å². The summed E-state index contributed by atoms with van der Waals surface area (Å²) in [6, 6.07) is 27.1. The molecule has 3 aromatic rings. The van der Waals surface area contributed by atoms with Gasteiger partial charge in [-0.3, -0.25) is 19.2 Å². The number of aldehydes is 1. The third-order valence-electron chi connectivity index (χ3n) is 6.97. The first kappa shape index (κ1) is 33.9. The molecule has 0 bridgehead atoms. The molecule has 5 rings (SSSR count). The largest absolute Gasteiger partial charge is 0.352 e. The summed E-state index contributed by atoms with van der Waals surface area (Å²) in [5.41, 5.74) is 8.60. The minimum atomic E-state index is -0.563. The van der Waals surface area contributed by atoms with Crippen molar-refractivity contribution in [2.45, 2.75) is 57.5 Å². The third-order valence-corrected chi connectivity index (χ3v) is 6.97. The fourth-order valence-electron chi connectivity index (χ4n) is 4.88. The number of likely N-dealkylation sites (tertiary alicyclic amines) is 1. The van der Waals surface area contributed by atoms with Gasteiger partial charge in [-0.25, -0.2) is 0 Å². The zero-order chi connectivity index (χ0) is 30.6. The molecule has 3 aromatic carbocycles. The van der Waals surface area contributed by atoms with E-state index in [0.717, 1.165) is 57.0 Å². The van der Waals surface area contributed by atoms with E-state index in [1.54, 1.807) is 25.1 Å². The summed E-state index contributed by atoms with van der Waals surface area (Å²) in [5, 5.41) is 5.63. The van der Waals surface area contributed by atoms with Crippen molar-refractivity contribution in [3.8, 4) is 0 Å². The average Bonchev–Trinajstić information content (AvgIpc) is 3.74. The predicted molar refractivity (Wildman–Crippen MR) is 167 cm³/mol. The monoisotopic (exact) mass is 572 g/mol. The van der Waals surface area contributed by atoms with Crippen LogP contribution in [0.2, 0.25) is 0 Å². The van der Waals surface area contributed by atoms with Crippen LogP contribution in [-0.4, -0.2) is 55.6 Å². The van der Waals surface area contributed by atoms with Gasteiger partial charge in [-0.05, 0) is 55.5 Å². The molecular weight excluding hydrogens is 528 g/mol. The first-order valence-electron chi connectivity index (χ1n) is 14.5. The van der Waals surface area contributed by atoms with E-state index in [-0.39, 0.29) is 17.9 Å². The van der Waals surface area contributed by atoms with Crippen molar-refractivity contribution in [3.63, 3.8) is 0 Å². The maximum absolute atomic E-state index is 12.6. The zero-order valence-corrected chi connectivity index (χ0v) is 24.7. The molecule has 2 atom stereocenters. The fourth-order valence-corrected chi connectivity index (χ4v) is 4.88. The molecule has 1 aliphatic heterocycles. The van der Waals surface area contributed by atoms with E-state index in [4.69, 9.17) is 0 Å². The number of hydrogen-bond acceptors (Lipinski definition) is 5. The number of nitrogens with two attached hydrogens (primary N) is 1. The molecule has 2 aliphatic rings. The van der Waals surface area contributed by atoms with E-state index < -0.39 is 6.04 Å². The van der Waals surface area contributed by atoms with Gasteiger partial charge >= 0.3 is 0 Å². The summed E-state index contributed by atoms with van der Waals surface area (Å²) in [4.78, 5) is 47.3. The number of rotatable bonds is 8. The second kappa shape index (κ2) is 19.7. The Balaban J connectivity index is 0.000000254. The van der Waals surface area contributed by atoms with E-state index in [0.29, 0.717) is 18.4 Å². The summed E-state index contributed by atoms with van der Waals surface area (Å²) in [7, 11) is 1.50. The van der Waals surface area contributed by atoms with Gasteiger partial charge in [0.25, 0.3) is 0 Å². The molecule has 2 unspecified atom stereocenters. The Hall–Kier alpha value is -4.30. The Kier molecular flexibility index (Phi) is 15.9. The van der Waals surface area contributed by atoms with E-state index in [2.05, 4.69) is 28.5 Å². The number of benzene rings is 3. The van der Waals surface area contributed by atoms with Gasteiger partial charge in [0.1, 0.15) is 12.3 Å². The minimum Gasteiger partial charge on any atom is -0.352 e. The molecule has 3 amide bonds. The van der Waals surface area contributed by atoms with Gasteiger partial charge < -0.3 is 21.3 Å². The lowest BCUT2D eigenvalue weighted by Crippen LogP contribution is -2.48. The van der Waals surface area contributed by atoms with Crippen molar-refractivity contribution in [2.75, 3.05) is 20.1 Å². The highest BCUT2D eigenvalue weighted by Crippen LogP contribution is 2.30. The maximum Gasteiger partial charge on any atom is 0.245 e. The Bertz CT molecular complexity index is 1200. The van der Waals surface area contributed by atoms with Crippen LogP contribution in [0, 0.1) is 0 Å². The first-order valence-corrected chi connectivity index (χ1v) is 14.5. The van der Waals surface area contributed by atoms with Crippen molar-refractivity contribution in [1.29, 1.82) is 0 Å². The van der Waals surface area contributed by atoms with Crippen molar-refractivity contribution < 1.29 is 19.2 Å². The molecule has 0 spiro atoms. The molecule has 0 radical (unpaired) electrons. The van der Waals surface area contributed by atoms with E-state index >= 15 is 0 Å². The summed E-state index contributed by atoms with van der Waals surface area (Å²) in [6.07, 6.45) is 6.47. The molecule has 1 aliphatic carbocycles. The Morgan fingerprint density at radius 1 is 0.929 bits per heavy atom. The maximum atomic E-state index is 12.6. The number of aryl methyl sites for hydroxylation is 1. The van der Waals surface area contributed by atoms with Gasteiger partial charge in [-0.2, -0.15) is 0 Å². The van der Waals surface area contributed by atoms with Crippen LogP contribution in [0.4, 0.5) is 0 Å². The van der Waals surface area contributed by atoms with Crippen LogP contribution in [0.1, 0.15) is 65.7 Å². The standard InChI is InChI=1S/C17H22N2O3.C10H11NO.C6H6.CH5N/c1-2-16(21)18-15(17(22)19-8-3-4-9-19)11-13-6-5-7-14(10-13)12-20;12-7-11-10-6-5-8-3-1-2-4-9(8)10;1-2-4-6-5-3-1;1-2/h5-7,10,12,15H,2-4,8-9,11H2,1H3,(H,18,21);1-4,7,10H,5-6H2,(H,11,12);1-6H;2H2,1H3. The molecule has 8 heteroatoms. The number of carbonyl (C=O) groups excluding carboxylic acids is 4. The fraction of sp³-hybridized carbons (Fsp3) is 0.353. The quantitative estimate of drug-likeness (QED) is 0.349. The summed E-state index contributed by atoms with van der Waals surface area (Å²) in [5.74, 6) is -0.167. The second-order valence-corrected chi connectivity index (χ2v) is 9.80. The van der Waals surface area contributed by atoms with E-state index in [1.807, 2.05) is 59.5 Å². The highest BCUT2D eigenvalue weighted by atomic mass is 16.2. The molecule has 0 saturated carbocycles. The number of amides is 3. The van der Waals surface area contributed by atoms with Crippen LogP contribution >= 0.6 is 0 Å². The number of hydrogen-bond donors (Lipinski definition) is 3. The second-order valence-electron chi connectivity index (χ2n) is 9.80. The van der Waals surface area contributed by atoms with Crippen molar-refractivity contribution in [1.82, 2.24) is 15.5 Å². The topological polar surface area (TPSA) is 122 Å². The van der Waals surface area contributed by atoms with Crippen LogP contribution in [0.15, 0.2) is 84.9 Å². The van der Waals surface area contributed by atoms with Crippen LogP contribution in [0.5, 0.6) is 0 Å². The number of nitrogens with zero attached hydrogens (tertiary/aromatic N) is 1. The normalized spacial score (nSPS) is 15.1. The summed E-state index contributed by atoms with van der Waals surface area (Å²) in [6.45, 7) is 3.27. The first-order chi connectivity index (χ1) is 20.5. The smallest absolute Gasteiger partial charge is 0.245 e. The molecule has 224 valence electrons. The lowest BCUT2D eigenvalue weighted by molar-refractivity contribution is -0.135. The lowest BCUT2D eigenvalue weighted by atomic mass is 10.0. The molecule has 1 fully saturated rings. The van der Waals surface area contributed by atoms with Gasteiger partial charge in [0.05, 0.1) is 6.04 Å². The van der Waals surface area contributed by atoms with Gasteiger partial charge in [0.15, 0.2) is 0 Å². The average molecular weight is 573 g/mol. The van der Waals surface area contributed by atoms with Crippen LogP contribution in [0.25, 0.3) is 0 Å². The SMILES string of the molecule is CCC(=O)NC(Cc1cccc(C=O)c1)C(=O)N1CCCC1.CN.O=CNC1CCc2ccccc21.c1ccccc1. The molecule has 1 saturated heterocycles. The molecule has 42 heavy (non-hydrogen) atoms. The predicted octanol–water partition coefficient (Wildman–Crippen LogP) is 4.24. The minimum absolute atomic E-state index is 0.0317. The van der Waals surface area contributed by atoms with Gasteiger partial charge in [-0.1, -0.05) is 85.8 Å². The van der Waals surface area contributed by atoms with Crippen LogP contribution in [-0.2, 0) is 27.2 Å². The molecule has 4 N–H and O–H groups in total. The summed E-state index contributed by atoms with van der Waals surface area (Å²) >= 11 is 0. The molecule has 1 heterocycles. The number of carbonyl (C=O) groups is 4. The Morgan fingerprint density at radius 3 is 2.17 bits per heavy atom. The van der Waals surface area contributed by atoms with E-state index in [9.17, 15) is 19.2 Å². The van der Waals surface area contributed by atoms with Crippen molar-refractivity contribution in [2.24, 2.45) is 5.73 Å². The molecular formula is C34H44N4O4.